The molecule has 2 amide bonds. The van der Waals surface area contributed by atoms with Crippen molar-refractivity contribution in [2.24, 2.45) is 10.3 Å². The van der Waals surface area contributed by atoms with Gasteiger partial charge in [0.1, 0.15) is 6.17 Å². The lowest BCUT2D eigenvalue weighted by molar-refractivity contribution is -0.127. The summed E-state index contributed by atoms with van der Waals surface area (Å²) in [6.07, 6.45) is 4.81. The lowest BCUT2D eigenvalue weighted by atomic mass is 9.85. The molecule has 2 aromatic rings. The summed E-state index contributed by atoms with van der Waals surface area (Å²) in [4.78, 5) is 24.8. The molecule has 1 aliphatic carbocycles. The van der Waals surface area contributed by atoms with Crippen molar-refractivity contribution in [3.63, 3.8) is 0 Å². The number of carbonyl (C=O) groups excluding carboxylic acids is 2. The van der Waals surface area contributed by atoms with Crippen molar-refractivity contribution >= 4 is 27.1 Å². The van der Waals surface area contributed by atoms with Crippen molar-refractivity contribution < 1.29 is 22.9 Å². The minimum atomic E-state index is -2.69. The van der Waals surface area contributed by atoms with Crippen LogP contribution < -0.4 is 5.32 Å². The predicted molar refractivity (Wildman–Crippen MR) is 112 cm³/mol. The van der Waals surface area contributed by atoms with Crippen LogP contribution in [0.2, 0.25) is 0 Å². The van der Waals surface area contributed by atoms with Crippen molar-refractivity contribution in [3.05, 3.63) is 36.2 Å². The van der Waals surface area contributed by atoms with E-state index in [0.717, 1.165) is 0 Å². The average Bonchev–Trinajstić information content (AvgIpc) is 3.33. The molecule has 31 heavy (non-hydrogen) atoms. The molecule has 3 aliphatic rings. The van der Waals surface area contributed by atoms with Gasteiger partial charge in [0.25, 0.3) is 5.91 Å². The van der Waals surface area contributed by atoms with Gasteiger partial charge in [-0.1, -0.05) is 6.07 Å². The highest BCUT2D eigenvalue weighted by atomic mass is 32.2. The highest BCUT2D eigenvalue weighted by Crippen LogP contribution is 2.38. The lowest BCUT2D eigenvalue weighted by Gasteiger charge is -2.44. The van der Waals surface area contributed by atoms with E-state index in [1.54, 1.807) is 16.8 Å². The smallest absolute Gasteiger partial charge is 0.288 e. The molecular formula is C21H25FN4O4S. The second kappa shape index (κ2) is 7.67. The van der Waals surface area contributed by atoms with Crippen LogP contribution in [0.1, 0.15) is 42.5 Å². The number of ether oxygens (including phenoxy) is 1. The van der Waals surface area contributed by atoms with Gasteiger partial charge in [-0.3, -0.25) is 9.59 Å². The van der Waals surface area contributed by atoms with Gasteiger partial charge in [0.2, 0.25) is 5.91 Å². The van der Waals surface area contributed by atoms with Gasteiger partial charge in [0.05, 0.1) is 38.5 Å². The molecule has 8 nitrogen and oxygen atoms in total. The van der Waals surface area contributed by atoms with E-state index in [0.29, 0.717) is 49.8 Å². The fourth-order valence-electron chi connectivity index (χ4n) is 4.55. The van der Waals surface area contributed by atoms with Crippen molar-refractivity contribution in [1.82, 2.24) is 14.9 Å². The molecule has 0 radical (unpaired) electrons. The molecule has 0 aromatic carbocycles. The molecule has 2 aliphatic heterocycles. The Hall–Kier alpha value is -2.33. The van der Waals surface area contributed by atoms with Gasteiger partial charge < -0.3 is 10.1 Å². The number of hydrogen-bond donors (Lipinski definition) is 1. The van der Waals surface area contributed by atoms with Crippen LogP contribution in [0.5, 0.6) is 0 Å². The maximum atomic E-state index is 13.3. The first-order chi connectivity index (χ1) is 14.9. The quantitative estimate of drug-likeness (QED) is 0.775. The van der Waals surface area contributed by atoms with E-state index >= 15 is 0 Å². The Morgan fingerprint density at radius 2 is 2.10 bits per heavy atom. The zero-order valence-corrected chi connectivity index (χ0v) is 17.9. The topological polar surface area (TPSA) is 102 Å². The Kier molecular flexibility index (Phi) is 5.09. The summed E-state index contributed by atoms with van der Waals surface area (Å²) >= 11 is 0. The normalized spacial score (nSPS) is 35.1. The number of aromatic nitrogens is 2. The molecule has 0 bridgehead atoms. The Labute approximate surface area is 179 Å². The van der Waals surface area contributed by atoms with E-state index < -0.39 is 33.3 Å². The van der Waals surface area contributed by atoms with Crippen LogP contribution in [0.15, 0.2) is 35.0 Å². The first-order valence-corrected chi connectivity index (χ1v) is 12.5. The molecule has 2 aromatic heterocycles. The molecule has 3 atom stereocenters. The molecule has 2 saturated heterocycles. The number of pyridine rings is 1. The van der Waals surface area contributed by atoms with Crippen LogP contribution in [0, 0.1) is 5.92 Å². The number of alkyl halides is 1. The van der Waals surface area contributed by atoms with E-state index in [-0.39, 0.29) is 23.5 Å². The molecular weight excluding hydrogens is 423 g/mol. The van der Waals surface area contributed by atoms with Gasteiger partial charge in [0, 0.05) is 30.4 Å². The molecule has 10 heteroatoms. The second-order valence-electron chi connectivity index (χ2n) is 8.75. The third-order valence-corrected chi connectivity index (χ3v) is 8.73. The number of carbonyl (C=O) groups is 2. The van der Waals surface area contributed by atoms with Crippen LogP contribution in [0.25, 0.3) is 5.52 Å². The molecule has 4 heterocycles. The largest absolute Gasteiger partial charge is 0.375 e. The second-order valence-corrected chi connectivity index (χ2v) is 11.3. The van der Waals surface area contributed by atoms with Crippen LogP contribution in [-0.2, 0) is 19.3 Å². The molecule has 5 rings (SSSR count). The number of rotatable bonds is 3. The van der Waals surface area contributed by atoms with Gasteiger partial charge in [-0.05, 0) is 44.2 Å². The Morgan fingerprint density at radius 3 is 2.84 bits per heavy atom. The minimum Gasteiger partial charge on any atom is -0.375 e. The summed E-state index contributed by atoms with van der Waals surface area (Å²) in [6.45, 7) is 0.494. The monoisotopic (exact) mass is 448 g/mol. The number of amides is 2. The summed E-state index contributed by atoms with van der Waals surface area (Å²) in [5.41, 5.74) is 0.497. The van der Waals surface area contributed by atoms with Gasteiger partial charge in [-0.2, -0.15) is 9.46 Å². The number of fused-ring (bicyclic) bond motifs is 1. The molecule has 3 unspecified atom stereocenters. The Morgan fingerprint density at radius 1 is 1.32 bits per heavy atom. The number of halogens is 1. The fourth-order valence-corrected chi connectivity index (χ4v) is 6.72. The number of nitrogens with one attached hydrogen (secondary N) is 1. The van der Waals surface area contributed by atoms with E-state index in [2.05, 4.69) is 14.8 Å². The third kappa shape index (κ3) is 4.10. The highest BCUT2D eigenvalue weighted by molar-refractivity contribution is 7.93. The zero-order chi connectivity index (χ0) is 21.6. The van der Waals surface area contributed by atoms with Crippen molar-refractivity contribution in [3.8, 4) is 0 Å². The maximum Gasteiger partial charge on any atom is 0.288 e. The van der Waals surface area contributed by atoms with E-state index in [9.17, 15) is 18.2 Å². The van der Waals surface area contributed by atoms with Crippen molar-refractivity contribution in [1.29, 1.82) is 0 Å². The summed E-state index contributed by atoms with van der Waals surface area (Å²) in [6, 6.07) is 5.33. The third-order valence-electron chi connectivity index (χ3n) is 6.55. The molecule has 1 saturated carbocycles. The van der Waals surface area contributed by atoms with E-state index in [1.165, 1.54) is 6.20 Å². The summed E-state index contributed by atoms with van der Waals surface area (Å²) in [7, 11) is -2.69. The minimum absolute atomic E-state index is 0.0689. The van der Waals surface area contributed by atoms with Gasteiger partial charge >= 0.3 is 0 Å². The summed E-state index contributed by atoms with van der Waals surface area (Å²) in [5, 5.41) is 7.10. The van der Waals surface area contributed by atoms with Gasteiger partial charge in [0.15, 0.2) is 0 Å². The van der Waals surface area contributed by atoms with Crippen LogP contribution in [0.3, 0.4) is 0 Å². The predicted octanol–water partition coefficient (Wildman–Crippen LogP) is 2.13. The standard InChI is InChI=1S/C21H25FN4O4S/c22-17-11-15(17)19(27)24-14-4-8-30-21(12-14)5-9-31(29,10-6-21)25-20(28)16-13-23-26-7-2-1-3-18(16)26/h1-3,7,13-15,17H,4-6,8-12H2,(H,24,27). The van der Waals surface area contributed by atoms with Crippen molar-refractivity contribution in [2.45, 2.75) is 49.9 Å². The average molecular weight is 449 g/mol. The fraction of sp³-hybridized carbons (Fsp3) is 0.571. The number of hydrogen-bond acceptors (Lipinski definition) is 5. The van der Waals surface area contributed by atoms with Crippen molar-refractivity contribution in [2.75, 3.05) is 18.1 Å². The van der Waals surface area contributed by atoms with Crippen LogP contribution in [-0.4, -0.2) is 61.6 Å². The van der Waals surface area contributed by atoms with Gasteiger partial charge in [-0.25, -0.2) is 13.1 Å². The Balaban J connectivity index is 1.26. The summed E-state index contributed by atoms with van der Waals surface area (Å²) in [5.74, 6) is -0.694. The molecule has 3 fully saturated rings. The lowest BCUT2D eigenvalue weighted by Crippen LogP contribution is -2.52. The molecule has 1 N–H and O–H groups in total. The summed E-state index contributed by atoms with van der Waals surface area (Å²) < 4.78 is 38.2. The number of nitrogens with zero attached hydrogens (tertiary/aromatic N) is 3. The first-order valence-electron chi connectivity index (χ1n) is 10.6. The first kappa shape index (κ1) is 20.6. The van der Waals surface area contributed by atoms with Gasteiger partial charge in [-0.15, -0.1) is 0 Å². The zero-order valence-electron chi connectivity index (χ0n) is 17.0. The van der Waals surface area contributed by atoms with Crippen LogP contribution in [0.4, 0.5) is 4.39 Å². The van der Waals surface area contributed by atoms with Crippen LogP contribution >= 0.6 is 0 Å². The highest BCUT2D eigenvalue weighted by Gasteiger charge is 2.46. The SMILES string of the molecule is O=C(N=S1(=O)CCC2(CC1)CC(NC(=O)C1CC1F)CCO2)c1cnn2ccccc12. The molecule has 166 valence electrons. The van der Waals surface area contributed by atoms with E-state index in [1.807, 2.05) is 12.1 Å². The maximum absolute atomic E-state index is 13.3. The van der Waals surface area contributed by atoms with E-state index in [4.69, 9.17) is 4.74 Å². The Bertz CT molecular complexity index is 1140. The molecule has 1 spiro atoms.